The zero-order valence-electron chi connectivity index (χ0n) is 17.0. The Morgan fingerprint density at radius 2 is 1.64 bits per heavy atom. The number of guanidine groups is 1. The van der Waals surface area contributed by atoms with E-state index in [2.05, 4.69) is 20.9 Å². The quantitative estimate of drug-likeness (QED) is 0.214. The van der Waals surface area contributed by atoms with E-state index in [9.17, 15) is 9.59 Å². The summed E-state index contributed by atoms with van der Waals surface area (Å²) in [6.45, 7) is 3.08. The van der Waals surface area contributed by atoms with Crippen LogP contribution >= 0.6 is 24.0 Å². The Bertz CT molecular complexity index is 547. The number of likely N-dealkylation sites (tertiary alicyclic amines) is 1. The molecular weight excluding hydrogens is 469 g/mol. The number of hydrogen-bond donors (Lipinski definition) is 3. The van der Waals surface area contributed by atoms with Crippen LogP contribution in [0.2, 0.25) is 0 Å². The summed E-state index contributed by atoms with van der Waals surface area (Å²) in [5.74, 6) is 1.85. The van der Waals surface area contributed by atoms with E-state index in [1.807, 2.05) is 4.90 Å². The molecule has 3 fully saturated rings. The SMILES string of the molecule is CN=C(NCCCNC(=O)C1CCC1)NC1CCN(C(=O)C2CCCC2)C1.I. The highest BCUT2D eigenvalue weighted by Gasteiger charge is 2.32. The van der Waals surface area contributed by atoms with Crippen molar-refractivity contribution in [3.05, 3.63) is 0 Å². The van der Waals surface area contributed by atoms with Gasteiger partial charge < -0.3 is 20.9 Å². The fourth-order valence-corrected chi connectivity index (χ4v) is 4.22. The molecule has 160 valence electrons. The second kappa shape index (κ2) is 11.8. The molecule has 1 atom stereocenters. The molecule has 1 unspecified atom stereocenters. The number of nitrogens with one attached hydrogen (secondary N) is 3. The van der Waals surface area contributed by atoms with Gasteiger partial charge in [-0.3, -0.25) is 14.6 Å². The smallest absolute Gasteiger partial charge is 0.225 e. The number of carbonyl (C=O) groups excluding carboxylic acids is 2. The second-order valence-corrected chi connectivity index (χ2v) is 8.17. The van der Waals surface area contributed by atoms with Crippen LogP contribution in [0.25, 0.3) is 0 Å². The van der Waals surface area contributed by atoms with Gasteiger partial charge in [-0.2, -0.15) is 0 Å². The van der Waals surface area contributed by atoms with Gasteiger partial charge in [0.2, 0.25) is 11.8 Å². The van der Waals surface area contributed by atoms with E-state index in [1.54, 1.807) is 7.05 Å². The molecular formula is C20H36IN5O2. The summed E-state index contributed by atoms with van der Waals surface area (Å²) < 4.78 is 0. The van der Waals surface area contributed by atoms with E-state index in [-0.39, 0.29) is 47.8 Å². The average molecular weight is 505 g/mol. The molecule has 2 aliphatic carbocycles. The highest BCUT2D eigenvalue weighted by Crippen LogP contribution is 2.28. The topological polar surface area (TPSA) is 85.8 Å². The molecule has 2 saturated carbocycles. The number of hydrogen-bond acceptors (Lipinski definition) is 3. The fourth-order valence-electron chi connectivity index (χ4n) is 4.22. The maximum atomic E-state index is 12.5. The Balaban J connectivity index is 0.00000280. The van der Waals surface area contributed by atoms with E-state index < -0.39 is 0 Å². The van der Waals surface area contributed by atoms with E-state index in [4.69, 9.17) is 0 Å². The van der Waals surface area contributed by atoms with Crippen LogP contribution in [0.15, 0.2) is 4.99 Å². The minimum atomic E-state index is 0. The van der Waals surface area contributed by atoms with E-state index in [1.165, 1.54) is 19.3 Å². The monoisotopic (exact) mass is 505 g/mol. The van der Waals surface area contributed by atoms with Gasteiger partial charge in [0.05, 0.1) is 0 Å². The van der Waals surface area contributed by atoms with Crippen LogP contribution in [-0.2, 0) is 9.59 Å². The molecule has 1 heterocycles. The van der Waals surface area contributed by atoms with Crippen molar-refractivity contribution < 1.29 is 9.59 Å². The summed E-state index contributed by atoms with van der Waals surface area (Å²) >= 11 is 0. The van der Waals surface area contributed by atoms with Gasteiger partial charge >= 0.3 is 0 Å². The predicted molar refractivity (Wildman–Crippen MR) is 122 cm³/mol. The standard InChI is InChI=1S/C20H35N5O2.HI/c1-21-20(23-12-5-11-22-18(26)15-8-4-9-15)24-17-10-13-25(14-17)19(27)16-6-2-3-7-16;/h15-17H,2-14H2,1H3,(H,22,26)(H2,21,23,24);1H. The molecule has 7 nitrogen and oxygen atoms in total. The first-order chi connectivity index (χ1) is 13.2. The van der Waals surface area contributed by atoms with Crippen LogP contribution in [-0.4, -0.2) is 61.9 Å². The third-order valence-electron chi connectivity index (χ3n) is 6.19. The molecule has 0 bridgehead atoms. The third-order valence-corrected chi connectivity index (χ3v) is 6.19. The van der Waals surface area contributed by atoms with Crippen molar-refractivity contribution >= 4 is 41.8 Å². The second-order valence-electron chi connectivity index (χ2n) is 8.17. The van der Waals surface area contributed by atoms with Gasteiger partial charge in [-0.15, -0.1) is 24.0 Å². The van der Waals surface area contributed by atoms with Crippen LogP contribution in [0.3, 0.4) is 0 Å². The summed E-state index contributed by atoms with van der Waals surface area (Å²) in [5.41, 5.74) is 0. The molecule has 3 rings (SSSR count). The first-order valence-electron chi connectivity index (χ1n) is 10.7. The lowest BCUT2D eigenvalue weighted by atomic mass is 9.85. The average Bonchev–Trinajstić information content (AvgIpc) is 3.30. The zero-order chi connectivity index (χ0) is 19.1. The number of rotatable bonds is 7. The maximum absolute atomic E-state index is 12.5. The van der Waals surface area contributed by atoms with Gasteiger partial charge in [0.1, 0.15) is 0 Å². The lowest BCUT2D eigenvalue weighted by Gasteiger charge is -2.24. The number of carbonyl (C=O) groups is 2. The largest absolute Gasteiger partial charge is 0.356 e. The van der Waals surface area contributed by atoms with Crippen molar-refractivity contribution in [1.82, 2.24) is 20.9 Å². The Hall–Kier alpha value is -1.06. The minimum Gasteiger partial charge on any atom is -0.356 e. The molecule has 28 heavy (non-hydrogen) atoms. The first kappa shape index (κ1) is 23.2. The summed E-state index contributed by atoms with van der Waals surface area (Å²) in [6.07, 6.45) is 9.64. The first-order valence-corrected chi connectivity index (χ1v) is 10.7. The van der Waals surface area contributed by atoms with E-state index >= 15 is 0 Å². The number of amides is 2. The number of halogens is 1. The van der Waals surface area contributed by atoms with Gasteiger partial charge in [-0.05, 0) is 38.5 Å². The minimum absolute atomic E-state index is 0. The molecule has 1 aliphatic heterocycles. The van der Waals surface area contributed by atoms with Crippen LogP contribution in [0.1, 0.15) is 57.8 Å². The van der Waals surface area contributed by atoms with Gasteiger partial charge in [0, 0.05) is 51.1 Å². The fraction of sp³-hybridized carbons (Fsp3) is 0.850. The highest BCUT2D eigenvalue weighted by molar-refractivity contribution is 14.0. The Labute approximate surface area is 185 Å². The molecule has 3 aliphatic rings. The molecule has 3 N–H and O–H groups in total. The van der Waals surface area contributed by atoms with Gasteiger partial charge in [-0.25, -0.2) is 0 Å². The van der Waals surface area contributed by atoms with Gasteiger partial charge in [0.25, 0.3) is 0 Å². The van der Waals surface area contributed by atoms with Crippen molar-refractivity contribution in [2.45, 2.75) is 63.8 Å². The third kappa shape index (κ3) is 6.49. The molecule has 0 aromatic rings. The molecule has 0 spiro atoms. The highest BCUT2D eigenvalue weighted by atomic mass is 127. The van der Waals surface area contributed by atoms with E-state index in [0.717, 1.165) is 64.1 Å². The molecule has 0 aromatic carbocycles. The summed E-state index contributed by atoms with van der Waals surface area (Å²) in [6, 6.07) is 0.264. The maximum Gasteiger partial charge on any atom is 0.225 e. The van der Waals surface area contributed by atoms with Gasteiger partial charge in [-0.1, -0.05) is 19.3 Å². The summed E-state index contributed by atoms with van der Waals surface area (Å²) in [7, 11) is 1.77. The van der Waals surface area contributed by atoms with Crippen LogP contribution in [0.4, 0.5) is 0 Å². The van der Waals surface area contributed by atoms with Crippen molar-refractivity contribution in [2.24, 2.45) is 16.8 Å². The summed E-state index contributed by atoms with van der Waals surface area (Å²) in [5, 5.41) is 9.76. The van der Waals surface area contributed by atoms with E-state index in [0.29, 0.717) is 12.5 Å². The van der Waals surface area contributed by atoms with Crippen LogP contribution in [0.5, 0.6) is 0 Å². The molecule has 0 aromatic heterocycles. The summed E-state index contributed by atoms with van der Waals surface area (Å²) in [4.78, 5) is 30.6. The molecule has 8 heteroatoms. The van der Waals surface area contributed by atoms with Crippen molar-refractivity contribution in [3.63, 3.8) is 0 Å². The van der Waals surface area contributed by atoms with Crippen LogP contribution < -0.4 is 16.0 Å². The van der Waals surface area contributed by atoms with Crippen molar-refractivity contribution in [3.8, 4) is 0 Å². The number of aliphatic imine (C=N–C) groups is 1. The zero-order valence-corrected chi connectivity index (χ0v) is 19.4. The molecule has 0 radical (unpaired) electrons. The van der Waals surface area contributed by atoms with Gasteiger partial charge in [0.15, 0.2) is 5.96 Å². The van der Waals surface area contributed by atoms with Crippen LogP contribution in [0, 0.1) is 11.8 Å². The Morgan fingerprint density at radius 3 is 2.29 bits per heavy atom. The normalized spacial score (nSPS) is 23.1. The predicted octanol–water partition coefficient (Wildman–Crippen LogP) is 1.87. The molecule has 2 amide bonds. The van der Waals surface area contributed by atoms with Crippen molar-refractivity contribution in [2.75, 3.05) is 33.2 Å². The number of nitrogens with zero attached hydrogens (tertiary/aromatic N) is 2. The Kier molecular flexibility index (Phi) is 9.81. The lowest BCUT2D eigenvalue weighted by Crippen LogP contribution is -2.46. The van der Waals surface area contributed by atoms with Crippen molar-refractivity contribution in [1.29, 1.82) is 0 Å². The molecule has 1 saturated heterocycles. The Morgan fingerprint density at radius 1 is 0.964 bits per heavy atom. The lowest BCUT2D eigenvalue weighted by molar-refractivity contribution is -0.134.